The van der Waals surface area contributed by atoms with Gasteiger partial charge < -0.3 is 19.9 Å². The summed E-state index contributed by atoms with van der Waals surface area (Å²) in [6.07, 6.45) is 1.00. The Morgan fingerprint density at radius 3 is 2.52 bits per heavy atom. The minimum absolute atomic E-state index is 0.0597. The Balaban J connectivity index is 1.68. The molecule has 0 atom stereocenters. The number of carbonyl (C=O) groups excluding carboxylic acids is 1. The van der Waals surface area contributed by atoms with Gasteiger partial charge in [-0.1, -0.05) is 18.2 Å². The molecule has 0 spiro atoms. The van der Waals surface area contributed by atoms with Crippen LogP contribution in [0, 0.1) is 13.8 Å². The number of hydrogen-bond acceptors (Lipinski definition) is 4. The molecule has 144 valence electrons. The summed E-state index contributed by atoms with van der Waals surface area (Å²) >= 11 is 0. The minimum Gasteiger partial charge on any atom is -0.494 e. The van der Waals surface area contributed by atoms with E-state index in [1.807, 2.05) is 31.2 Å². The van der Waals surface area contributed by atoms with Crippen molar-refractivity contribution in [1.29, 1.82) is 0 Å². The van der Waals surface area contributed by atoms with E-state index >= 15 is 0 Å². The Morgan fingerprint density at radius 2 is 1.78 bits per heavy atom. The molecule has 0 saturated heterocycles. The molecule has 0 aliphatic rings. The molecule has 0 heterocycles. The van der Waals surface area contributed by atoms with Crippen molar-refractivity contribution in [3.05, 3.63) is 59.2 Å². The minimum atomic E-state index is -1.03. The molecule has 2 aromatic carbocycles. The van der Waals surface area contributed by atoms with Crippen LogP contribution in [0.2, 0.25) is 0 Å². The molecule has 0 unspecified atom stereocenters. The quantitative estimate of drug-likeness (QED) is 0.626. The monoisotopic (exact) mass is 371 g/mol. The molecule has 0 saturated carbocycles. The summed E-state index contributed by atoms with van der Waals surface area (Å²) < 4.78 is 10.8. The highest BCUT2D eigenvalue weighted by Gasteiger charge is 2.04. The van der Waals surface area contributed by atoms with Gasteiger partial charge in [-0.3, -0.25) is 4.79 Å². The first-order valence-corrected chi connectivity index (χ1v) is 8.84. The summed E-state index contributed by atoms with van der Waals surface area (Å²) in [6, 6.07) is 12.9. The predicted octanol–water partition coefficient (Wildman–Crippen LogP) is 3.24. The zero-order valence-electron chi connectivity index (χ0n) is 15.7. The van der Waals surface area contributed by atoms with Gasteiger partial charge in [0.25, 0.3) is 0 Å². The highest BCUT2D eigenvalue weighted by atomic mass is 16.5. The van der Waals surface area contributed by atoms with Gasteiger partial charge in [0.1, 0.15) is 11.5 Å². The summed E-state index contributed by atoms with van der Waals surface area (Å²) in [5.41, 5.74) is 3.25. The Hall–Kier alpha value is -3.02. The van der Waals surface area contributed by atoms with Crippen LogP contribution in [0.3, 0.4) is 0 Å². The van der Waals surface area contributed by atoms with Crippen molar-refractivity contribution >= 4 is 11.9 Å². The fourth-order valence-electron chi connectivity index (χ4n) is 2.41. The van der Waals surface area contributed by atoms with Gasteiger partial charge in [0.15, 0.2) is 6.61 Å². The lowest BCUT2D eigenvalue weighted by Crippen LogP contribution is -2.23. The number of carboxylic acids is 1. The topological polar surface area (TPSA) is 84.9 Å². The highest BCUT2D eigenvalue weighted by molar-refractivity contribution is 5.75. The van der Waals surface area contributed by atoms with Crippen molar-refractivity contribution in [2.45, 2.75) is 33.2 Å². The Labute approximate surface area is 159 Å². The number of nitrogens with one attached hydrogen (secondary N) is 1. The zero-order chi connectivity index (χ0) is 19.6. The molecule has 0 radical (unpaired) electrons. The van der Waals surface area contributed by atoms with Crippen LogP contribution in [0.5, 0.6) is 11.5 Å². The predicted molar refractivity (Wildman–Crippen MR) is 102 cm³/mol. The van der Waals surface area contributed by atoms with E-state index in [9.17, 15) is 9.59 Å². The Kier molecular flexibility index (Phi) is 7.67. The lowest BCUT2D eigenvalue weighted by molar-refractivity contribution is -0.139. The van der Waals surface area contributed by atoms with Gasteiger partial charge in [-0.15, -0.1) is 0 Å². The number of benzene rings is 2. The molecular weight excluding hydrogens is 346 g/mol. The lowest BCUT2D eigenvalue weighted by Gasteiger charge is -2.09. The second-order valence-corrected chi connectivity index (χ2v) is 6.30. The van der Waals surface area contributed by atoms with E-state index in [0.717, 1.165) is 11.3 Å². The van der Waals surface area contributed by atoms with Crippen molar-refractivity contribution in [2.75, 3.05) is 13.2 Å². The van der Waals surface area contributed by atoms with Crippen LogP contribution >= 0.6 is 0 Å². The number of hydrogen-bond donors (Lipinski definition) is 2. The van der Waals surface area contributed by atoms with Gasteiger partial charge in [0.05, 0.1) is 6.61 Å². The highest BCUT2D eigenvalue weighted by Crippen LogP contribution is 2.17. The largest absolute Gasteiger partial charge is 0.494 e. The molecule has 6 heteroatoms. The fraction of sp³-hybridized carbons (Fsp3) is 0.333. The molecule has 0 bridgehead atoms. The number of rotatable bonds is 10. The Bertz CT molecular complexity index is 788. The maximum atomic E-state index is 12.0. The summed E-state index contributed by atoms with van der Waals surface area (Å²) in [4.78, 5) is 22.5. The molecule has 0 aliphatic heterocycles. The van der Waals surface area contributed by atoms with Crippen LogP contribution in [0.1, 0.15) is 29.5 Å². The van der Waals surface area contributed by atoms with Crippen molar-refractivity contribution in [2.24, 2.45) is 0 Å². The third kappa shape index (κ3) is 7.40. The first kappa shape index (κ1) is 20.3. The molecule has 2 aromatic rings. The molecule has 2 rings (SSSR count). The maximum Gasteiger partial charge on any atom is 0.341 e. The number of carbonyl (C=O) groups is 2. The number of amides is 1. The molecule has 27 heavy (non-hydrogen) atoms. The van der Waals surface area contributed by atoms with Crippen LogP contribution in [0.15, 0.2) is 42.5 Å². The van der Waals surface area contributed by atoms with Gasteiger partial charge >= 0.3 is 5.97 Å². The molecule has 0 fully saturated rings. The fourth-order valence-corrected chi connectivity index (χ4v) is 2.41. The number of aliphatic carboxylic acids is 1. The van der Waals surface area contributed by atoms with Crippen LogP contribution in [0.25, 0.3) is 0 Å². The van der Waals surface area contributed by atoms with Crippen molar-refractivity contribution < 1.29 is 24.2 Å². The van der Waals surface area contributed by atoms with Gasteiger partial charge in [-0.2, -0.15) is 0 Å². The third-order valence-electron chi connectivity index (χ3n) is 4.05. The lowest BCUT2D eigenvalue weighted by atomic mass is 10.1. The van der Waals surface area contributed by atoms with Crippen molar-refractivity contribution in [1.82, 2.24) is 5.32 Å². The van der Waals surface area contributed by atoms with Crippen molar-refractivity contribution in [3.63, 3.8) is 0 Å². The van der Waals surface area contributed by atoms with E-state index in [1.165, 1.54) is 11.1 Å². The smallest absolute Gasteiger partial charge is 0.341 e. The van der Waals surface area contributed by atoms with Gasteiger partial charge in [0.2, 0.25) is 5.91 Å². The molecule has 1 amide bonds. The number of aryl methyl sites for hydroxylation is 2. The van der Waals surface area contributed by atoms with Crippen LogP contribution in [-0.4, -0.2) is 30.2 Å². The van der Waals surface area contributed by atoms with Crippen LogP contribution in [0.4, 0.5) is 0 Å². The molecule has 0 aromatic heterocycles. The molecule has 2 N–H and O–H groups in total. The molecule has 6 nitrogen and oxygen atoms in total. The third-order valence-corrected chi connectivity index (χ3v) is 4.05. The first-order valence-electron chi connectivity index (χ1n) is 8.84. The second-order valence-electron chi connectivity index (χ2n) is 6.30. The number of carboxylic acid groups (broad SMARTS) is 1. The Morgan fingerprint density at radius 1 is 1.00 bits per heavy atom. The average molecular weight is 371 g/mol. The van der Waals surface area contributed by atoms with E-state index in [-0.39, 0.29) is 5.91 Å². The maximum absolute atomic E-state index is 12.0. The normalized spacial score (nSPS) is 10.3. The van der Waals surface area contributed by atoms with Gasteiger partial charge in [-0.05, 0) is 61.2 Å². The summed E-state index contributed by atoms with van der Waals surface area (Å²) in [5.74, 6) is 0.190. The second kappa shape index (κ2) is 10.2. The summed E-state index contributed by atoms with van der Waals surface area (Å²) in [5, 5.41) is 11.5. The molecule has 0 aliphatic carbocycles. The SMILES string of the molecule is Cc1ccc(OCCCC(=O)NCc2cccc(OCC(=O)O)c2)cc1C. The van der Waals surface area contributed by atoms with E-state index in [4.69, 9.17) is 14.6 Å². The van der Waals surface area contributed by atoms with E-state index in [1.54, 1.807) is 18.2 Å². The van der Waals surface area contributed by atoms with E-state index in [0.29, 0.717) is 31.7 Å². The van der Waals surface area contributed by atoms with Crippen LogP contribution < -0.4 is 14.8 Å². The van der Waals surface area contributed by atoms with Gasteiger partial charge in [0, 0.05) is 13.0 Å². The van der Waals surface area contributed by atoms with E-state index < -0.39 is 12.6 Å². The summed E-state index contributed by atoms with van der Waals surface area (Å²) in [7, 11) is 0. The molecular formula is C21H25NO5. The average Bonchev–Trinajstić information content (AvgIpc) is 2.65. The first-order chi connectivity index (χ1) is 12.9. The van der Waals surface area contributed by atoms with E-state index in [2.05, 4.69) is 12.2 Å². The standard InChI is InChI=1S/C21H25NO5/c1-15-8-9-19(11-16(15)2)26-10-4-7-20(23)22-13-17-5-3-6-18(12-17)27-14-21(24)25/h3,5-6,8-9,11-12H,4,7,10,13-14H2,1-2H3,(H,22,23)(H,24,25). The zero-order valence-corrected chi connectivity index (χ0v) is 15.7. The van der Waals surface area contributed by atoms with Crippen molar-refractivity contribution in [3.8, 4) is 11.5 Å². The van der Waals surface area contributed by atoms with Gasteiger partial charge in [-0.25, -0.2) is 4.79 Å². The van der Waals surface area contributed by atoms with Crippen LogP contribution in [-0.2, 0) is 16.1 Å². The summed E-state index contributed by atoms with van der Waals surface area (Å²) in [6.45, 7) is 4.54. The number of ether oxygens (including phenoxy) is 2.